The molecule has 2 aromatic carbocycles. The standard InChI is InChI=1S/C22H20ClN3O2/c1-13-4-5-15(3)20(8-13)26-22(28)17-9-16(11-24-12-17)21(27)25-18-7-6-14(2)19(23)10-18/h4-12H,1-3H3,(H,25,27)(H,26,28). The lowest BCUT2D eigenvalue weighted by Gasteiger charge is -2.10. The number of aryl methyl sites for hydroxylation is 3. The molecule has 5 nitrogen and oxygen atoms in total. The number of benzene rings is 2. The van der Waals surface area contributed by atoms with Gasteiger partial charge in [0, 0.05) is 28.8 Å². The molecule has 0 saturated heterocycles. The van der Waals surface area contributed by atoms with Crippen LogP contribution in [0.25, 0.3) is 0 Å². The van der Waals surface area contributed by atoms with Gasteiger partial charge >= 0.3 is 0 Å². The van der Waals surface area contributed by atoms with Crippen molar-refractivity contribution in [2.45, 2.75) is 20.8 Å². The molecule has 28 heavy (non-hydrogen) atoms. The molecule has 142 valence electrons. The van der Waals surface area contributed by atoms with E-state index in [1.165, 1.54) is 18.5 Å². The van der Waals surface area contributed by atoms with Crippen molar-refractivity contribution in [3.8, 4) is 0 Å². The molecule has 0 fully saturated rings. The molecule has 0 radical (unpaired) electrons. The summed E-state index contributed by atoms with van der Waals surface area (Å²) in [5, 5.41) is 6.20. The minimum Gasteiger partial charge on any atom is -0.322 e. The van der Waals surface area contributed by atoms with Gasteiger partial charge in [-0.2, -0.15) is 0 Å². The highest BCUT2D eigenvalue weighted by Crippen LogP contribution is 2.21. The highest BCUT2D eigenvalue weighted by atomic mass is 35.5. The molecule has 0 saturated carbocycles. The molecule has 0 aliphatic carbocycles. The average Bonchev–Trinajstić information content (AvgIpc) is 2.67. The van der Waals surface area contributed by atoms with Crippen LogP contribution in [0.3, 0.4) is 0 Å². The molecule has 0 aliphatic rings. The van der Waals surface area contributed by atoms with E-state index in [0.717, 1.165) is 22.4 Å². The minimum absolute atomic E-state index is 0.283. The third-order valence-corrected chi connectivity index (χ3v) is 4.74. The van der Waals surface area contributed by atoms with Gasteiger partial charge in [0.1, 0.15) is 0 Å². The van der Waals surface area contributed by atoms with Gasteiger partial charge < -0.3 is 10.6 Å². The Bertz CT molecular complexity index is 1060. The van der Waals surface area contributed by atoms with Gasteiger partial charge in [-0.3, -0.25) is 14.6 Å². The maximum absolute atomic E-state index is 12.6. The first-order valence-corrected chi connectivity index (χ1v) is 9.12. The zero-order valence-corrected chi connectivity index (χ0v) is 16.6. The summed E-state index contributed by atoms with van der Waals surface area (Å²) in [6.45, 7) is 5.76. The van der Waals surface area contributed by atoms with Crippen molar-refractivity contribution in [3.05, 3.63) is 87.7 Å². The van der Waals surface area contributed by atoms with Crippen LogP contribution >= 0.6 is 11.6 Å². The van der Waals surface area contributed by atoms with Crippen LogP contribution in [-0.2, 0) is 0 Å². The van der Waals surface area contributed by atoms with Gasteiger partial charge in [-0.25, -0.2) is 0 Å². The van der Waals surface area contributed by atoms with E-state index in [2.05, 4.69) is 15.6 Å². The maximum Gasteiger partial charge on any atom is 0.257 e. The van der Waals surface area contributed by atoms with Gasteiger partial charge in [0.2, 0.25) is 0 Å². The van der Waals surface area contributed by atoms with Crippen molar-refractivity contribution in [2.75, 3.05) is 10.6 Å². The Labute approximate surface area is 168 Å². The molecule has 2 N–H and O–H groups in total. The number of rotatable bonds is 4. The largest absolute Gasteiger partial charge is 0.322 e. The SMILES string of the molecule is Cc1ccc(C)c(NC(=O)c2cncc(C(=O)Nc3ccc(C)c(Cl)c3)c2)c1. The van der Waals surface area contributed by atoms with Gasteiger partial charge in [-0.15, -0.1) is 0 Å². The lowest BCUT2D eigenvalue weighted by molar-refractivity contribution is 0.102. The zero-order chi connectivity index (χ0) is 20.3. The summed E-state index contributed by atoms with van der Waals surface area (Å²) < 4.78 is 0. The van der Waals surface area contributed by atoms with Gasteiger partial charge in [0.25, 0.3) is 11.8 Å². The third-order valence-electron chi connectivity index (χ3n) is 4.33. The normalized spacial score (nSPS) is 10.4. The maximum atomic E-state index is 12.6. The number of amides is 2. The quantitative estimate of drug-likeness (QED) is 0.642. The van der Waals surface area contributed by atoms with E-state index in [1.807, 2.05) is 45.0 Å². The van der Waals surface area contributed by atoms with E-state index in [1.54, 1.807) is 12.1 Å². The number of aromatic nitrogens is 1. The molecule has 1 aromatic heterocycles. The van der Waals surface area contributed by atoms with E-state index in [0.29, 0.717) is 16.3 Å². The molecule has 1 heterocycles. The number of pyridine rings is 1. The van der Waals surface area contributed by atoms with Gasteiger partial charge in [-0.05, 0) is 61.7 Å². The van der Waals surface area contributed by atoms with E-state index in [4.69, 9.17) is 11.6 Å². The van der Waals surface area contributed by atoms with Crippen molar-refractivity contribution in [2.24, 2.45) is 0 Å². The summed E-state index contributed by atoms with van der Waals surface area (Å²) in [5.74, 6) is -0.692. The molecule has 3 rings (SSSR count). The van der Waals surface area contributed by atoms with Crippen molar-refractivity contribution in [1.82, 2.24) is 4.98 Å². The molecule has 0 aliphatic heterocycles. The smallest absolute Gasteiger partial charge is 0.257 e. The molecule has 0 atom stereocenters. The Morgan fingerprint density at radius 1 is 0.821 bits per heavy atom. The van der Waals surface area contributed by atoms with Crippen molar-refractivity contribution >= 4 is 34.8 Å². The van der Waals surface area contributed by atoms with Gasteiger partial charge in [-0.1, -0.05) is 29.8 Å². The van der Waals surface area contributed by atoms with Crippen molar-refractivity contribution < 1.29 is 9.59 Å². The number of nitrogens with zero attached hydrogens (tertiary/aromatic N) is 1. The van der Waals surface area contributed by atoms with Crippen LogP contribution in [0.4, 0.5) is 11.4 Å². The summed E-state index contributed by atoms with van der Waals surface area (Å²) in [6, 6.07) is 12.6. The molecular weight excluding hydrogens is 374 g/mol. The van der Waals surface area contributed by atoms with Crippen LogP contribution in [0, 0.1) is 20.8 Å². The van der Waals surface area contributed by atoms with Crippen molar-refractivity contribution in [1.29, 1.82) is 0 Å². The first kappa shape index (κ1) is 19.6. The Morgan fingerprint density at radius 3 is 2.14 bits per heavy atom. The highest BCUT2D eigenvalue weighted by molar-refractivity contribution is 6.31. The number of hydrogen-bond donors (Lipinski definition) is 2. The van der Waals surface area contributed by atoms with Crippen LogP contribution < -0.4 is 10.6 Å². The first-order valence-electron chi connectivity index (χ1n) is 8.74. The third kappa shape index (κ3) is 4.56. The molecular formula is C22H20ClN3O2. The van der Waals surface area contributed by atoms with E-state index in [-0.39, 0.29) is 17.4 Å². The zero-order valence-electron chi connectivity index (χ0n) is 15.8. The predicted molar refractivity (Wildman–Crippen MR) is 112 cm³/mol. The number of carbonyl (C=O) groups excluding carboxylic acids is 2. The number of carbonyl (C=O) groups is 2. The molecule has 0 unspecified atom stereocenters. The van der Waals surface area contributed by atoms with E-state index < -0.39 is 0 Å². The van der Waals surface area contributed by atoms with Gasteiger partial charge in [0.05, 0.1) is 11.1 Å². The number of nitrogens with one attached hydrogen (secondary N) is 2. The number of hydrogen-bond acceptors (Lipinski definition) is 3. The average molecular weight is 394 g/mol. The van der Waals surface area contributed by atoms with Crippen LogP contribution in [0.5, 0.6) is 0 Å². The summed E-state index contributed by atoms with van der Waals surface area (Å²) in [5.41, 5.74) is 4.81. The fourth-order valence-electron chi connectivity index (χ4n) is 2.63. The van der Waals surface area contributed by atoms with E-state index in [9.17, 15) is 9.59 Å². The Morgan fingerprint density at radius 2 is 1.46 bits per heavy atom. The highest BCUT2D eigenvalue weighted by Gasteiger charge is 2.13. The van der Waals surface area contributed by atoms with Crippen LogP contribution in [0.2, 0.25) is 5.02 Å². The summed E-state index contributed by atoms with van der Waals surface area (Å²) >= 11 is 6.09. The van der Waals surface area contributed by atoms with Crippen LogP contribution in [0.15, 0.2) is 54.9 Å². The second-order valence-corrected chi connectivity index (χ2v) is 7.06. The minimum atomic E-state index is -0.367. The summed E-state index contributed by atoms with van der Waals surface area (Å²) in [6.07, 6.45) is 2.85. The Hall–Kier alpha value is -3.18. The topological polar surface area (TPSA) is 71.1 Å². The predicted octanol–water partition coefficient (Wildman–Crippen LogP) is 5.16. The Kier molecular flexibility index (Phi) is 5.76. The molecule has 0 bridgehead atoms. The van der Waals surface area contributed by atoms with E-state index >= 15 is 0 Å². The number of halogens is 1. The second kappa shape index (κ2) is 8.23. The number of anilines is 2. The molecule has 3 aromatic rings. The molecule has 6 heteroatoms. The van der Waals surface area contributed by atoms with Crippen LogP contribution in [0.1, 0.15) is 37.4 Å². The van der Waals surface area contributed by atoms with Crippen LogP contribution in [-0.4, -0.2) is 16.8 Å². The lowest BCUT2D eigenvalue weighted by atomic mass is 10.1. The first-order chi connectivity index (χ1) is 13.3. The second-order valence-electron chi connectivity index (χ2n) is 6.65. The fourth-order valence-corrected chi connectivity index (χ4v) is 2.81. The fraction of sp³-hybridized carbons (Fsp3) is 0.136. The summed E-state index contributed by atoms with van der Waals surface area (Å²) in [7, 11) is 0. The lowest BCUT2D eigenvalue weighted by Crippen LogP contribution is -2.16. The molecule has 2 amide bonds. The molecule has 0 spiro atoms. The monoisotopic (exact) mass is 393 g/mol. The van der Waals surface area contributed by atoms with Gasteiger partial charge in [0.15, 0.2) is 0 Å². The summed E-state index contributed by atoms with van der Waals surface area (Å²) in [4.78, 5) is 29.1. The van der Waals surface area contributed by atoms with Crippen molar-refractivity contribution in [3.63, 3.8) is 0 Å². The Balaban J connectivity index is 1.77.